The van der Waals surface area contributed by atoms with Crippen LogP contribution < -0.4 is 19.5 Å². The molecule has 2 rings (SSSR count). The molecule has 0 aliphatic rings. The number of methoxy groups -OCH3 is 2. The van der Waals surface area contributed by atoms with E-state index < -0.39 is 0 Å². The van der Waals surface area contributed by atoms with Crippen LogP contribution in [0.15, 0.2) is 48.5 Å². The fourth-order valence-electron chi connectivity index (χ4n) is 2.23. The highest BCUT2D eigenvalue weighted by Gasteiger charge is 2.03. The van der Waals surface area contributed by atoms with E-state index in [1.165, 1.54) is 5.56 Å². The number of rotatable bonds is 9. The van der Waals surface area contributed by atoms with Gasteiger partial charge in [0.2, 0.25) is 0 Å². The summed E-state index contributed by atoms with van der Waals surface area (Å²) in [4.78, 5) is 0. The van der Waals surface area contributed by atoms with E-state index >= 15 is 0 Å². The molecule has 0 atom stereocenters. The van der Waals surface area contributed by atoms with E-state index in [4.69, 9.17) is 14.2 Å². The van der Waals surface area contributed by atoms with Crippen LogP contribution in [0.25, 0.3) is 0 Å². The molecule has 0 aliphatic carbocycles. The van der Waals surface area contributed by atoms with Crippen molar-refractivity contribution in [3.05, 3.63) is 54.1 Å². The first kappa shape index (κ1) is 16.2. The first-order valence-corrected chi connectivity index (χ1v) is 7.43. The van der Waals surface area contributed by atoms with Gasteiger partial charge in [-0.2, -0.15) is 0 Å². The molecule has 0 saturated heterocycles. The zero-order valence-electron chi connectivity index (χ0n) is 13.2. The Morgan fingerprint density at radius 2 is 1.41 bits per heavy atom. The molecule has 0 saturated carbocycles. The summed E-state index contributed by atoms with van der Waals surface area (Å²) in [6.07, 6.45) is 0.929. The second kappa shape index (κ2) is 8.95. The zero-order chi connectivity index (χ0) is 15.6. The molecule has 0 aromatic heterocycles. The molecule has 0 heterocycles. The minimum Gasteiger partial charge on any atom is -0.496 e. The minimum absolute atomic E-state index is 0.603. The SMILES string of the molecule is COc1ccccc1CCNCCOc1ccccc1OC. The topological polar surface area (TPSA) is 39.7 Å². The van der Waals surface area contributed by atoms with E-state index in [1.54, 1.807) is 14.2 Å². The van der Waals surface area contributed by atoms with Crippen molar-refractivity contribution in [1.82, 2.24) is 5.32 Å². The molecular weight excluding hydrogens is 278 g/mol. The second-order valence-corrected chi connectivity index (χ2v) is 4.81. The van der Waals surface area contributed by atoms with Gasteiger partial charge in [-0.15, -0.1) is 0 Å². The number of nitrogens with one attached hydrogen (secondary N) is 1. The van der Waals surface area contributed by atoms with E-state index in [9.17, 15) is 0 Å². The molecular formula is C18H23NO3. The summed E-state index contributed by atoms with van der Waals surface area (Å²) in [7, 11) is 3.35. The highest BCUT2D eigenvalue weighted by Crippen LogP contribution is 2.25. The Hall–Kier alpha value is -2.20. The molecule has 4 nitrogen and oxygen atoms in total. The van der Waals surface area contributed by atoms with Crippen LogP contribution in [-0.4, -0.2) is 33.9 Å². The maximum Gasteiger partial charge on any atom is 0.161 e. The predicted molar refractivity (Wildman–Crippen MR) is 88.1 cm³/mol. The Balaban J connectivity index is 1.67. The quantitative estimate of drug-likeness (QED) is 0.723. The number of ether oxygens (including phenoxy) is 3. The van der Waals surface area contributed by atoms with Crippen molar-refractivity contribution in [3.8, 4) is 17.2 Å². The largest absolute Gasteiger partial charge is 0.496 e. The molecule has 0 spiro atoms. The predicted octanol–water partition coefficient (Wildman–Crippen LogP) is 2.91. The summed E-state index contributed by atoms with van der Waals surface area (Å²) < 4.78 is 16.3. The van der Waals surface area contributed by atoms with Gasteiger partial charge in [0.05, 0.1) is 14.2 Å². The van der Waals surface area contributed by atoms with Gasteiger partial charge < -0.3 is 19.5 Å². The zero-order valence-corrected chi connectivity index (χ0v) is 13.2. The molecule has 2 aromatic carbocycles. The van der Waals surface area contributed by atoms with Gasteiger partial charge in [0.1, 0.15) is 12.4 Å². The first-order chi connectivity index (χ1) is 10.8. The van der Waals surface area contributed by atoms with E-state index in [0.717, 1.165) is 36.8 Å². The van der Waals surface area contributed by atoms with Crippen molar-refractivity contribution in [2.45, 2.75) is 6.42 Å². The lowest BCUT2D eigenvalue weighted by molar-refractivity contribution is 0.292. The number of para-hydroxylation sites is 3. The molecule has 118 valence electrons. The van der Waals surface area contributed by atoms with Gasteiger partial charge in [0.15, 0.2) is 11.5 Å². The van der Waals surface area contributed by atoms with Crippen LogP contribution in [0.4, 0.5) is 0 Å². The van der Waals surface area contributed by atoms with Crippen molar-refractivity contribution < 1.29 is 14.2 Å². The average molecular weight is 301 g/mol. The average Bonchev–Trinajstić information content (AvgIpc) is 2.58. The van der Waals surface area contributed by atoms with Gasteiger partial charge in [-0.25, -0.2) is 0 Å². The summed E-state index contributed by atoms with van der Waals surface area (Å²) in [5, 5.41) is 3.37. The van der Waals surface area contributed by atoms with Gasteiger partial charge in [-0.1, -0.05) is 30.3 Å². The molecule has 0 radical (unpaired) electrons. The fourth-order valence-corrected chi connectivity index (χ4v) is 2.23. The highest BCUT2D eigenvalue weighted by atomic mass is 16.5. The fraction of sp³-hybridized carbons (Fsp3) is 0.333. The summed E-state index contributed by atoms with van der Waals surface area (Å²) in [5.74, 6) is 2.47. The summed E-state index contributed by atoms with van der Waals surface area (Å²) in [6.45, 7) is 2.27. The van der Waals surface area contributed by atoms with Crippen molar-refractivity contribution in [2.75, 3.05) is 33.9 Å². The van der Waals surface area contributed by atoms with Crippen molar-refractivity contribution in [2.24, 2.45) is 0 Å². The van der Waals surface area contributed by atoms with E-state index in [-0.39, 0.29) is 0 Å². The second-order valence-electron chi connectivity index (χ2n) is 4.81. The third-order valence-electron chi connectivity index (χ3n) is 3.37. The third kappa shape index (κ3) is 4.67. The lowest BCUT2D eigenvalue weighted by Gasteiger charge is -2.11. The molecule has 0 aliphatic heterocycles. The maximum atomic E-state index is 5.71. The normalized spacial score (nSPS) is 10.3. The van der Waals surface area contributed by atoms with Gasteiger partial charge in [0.25, 0.3) is 0 Å². The summed E-state index contributed by atoms with van der Waals surface area (Å²) >= 11 is 0. The lowest BCUT2D eigenvalue weighted by Crippen LogP contribution is -2.23. The highest BCUT2D eigenvalue weighted by molar-refractivity contribution is 5.39. The van der Waals surface area contributed by atoms with Crippen LogP contribution in [0.3, 0.4) is 0 Å². The van der Waals surface area contributed by atoms with Crippen LogP contribution in [0.2, 0.25) is 0 Å². The van der Waals surface area contributed by atoms with Crippen molar-refractivity contribution >= 4 is 0 Å². The van der Waals surface area contributed by atoms with Crippen LogP contribution in [0.1, 0.15) is 5.56 Å². The Labute approximate surface area is 132 Å². The summed E-state index contributed by atoms with van der Waals surface area (Å²) in [5.41, 5.74) is 1.21. The Kier molecular flexibility index (Phi) is 6.58. The van der Waals surface area contributed by atoms with Crippen LogP contribution in [-0.2, 0) is 6.42 Å². The molecule has 22 heavy (non-hydrogen) atoms. The Bertz CT molecular complexity index is 520. The van der Waals surface area contributed by atoms with Crippen molar-refractivity contribution in [1.29, 1.82) is 0 Å². The Morgan fingerprint density at radius 3 is 2.14 bits per heavy atom. The first-order valence-electron chi connectivity index (χ1n) is 7.43. The molecule has 2 aromatic rings. The molecule has 1 N–H and O–H groups in total. The van der Waals surface area contributed by atoms with Gasteiger partial charge in [-0.05, 0) is 36.7 Å². The van der Waals surface area contributed by atoms with Crippen LogP contribution in [0.5, 0.6) is 17.2 Å². The molecule has 0 amide bonds. The summed E-state index contributed by atoms with van der Waals surface area (Å²) in [6, 6.07) is 15.8. The third-order valence-corrected chi connectivity index (χ3v) is 3.37. The minimum atomic E-state index is 0.603. The van der Waals surface area contributed by atoms with Gasteiger partial charge in [-0.3, -0.25) is 0 Å². The van der Waals surface area contributed by atoms with E-state index in [2.05, 4.69) is 11.4 Å². The van der Waals surface area contributed by atoms with Gasteiger partial charge in [0, 0.05) is 6.54 Å². The molecule has 0 fully saturated rings. The van der Waals surface area contributed by atoms with Gasteiger partial charge >= 0.3 is 0 Å². The maximum absolute atomic E-state index is 5.71. The van der Waals surface area contributed by atoms with E-state index in [1.807, 2.05) is 42.5 Å². The Morgan fingerprint density at radius 1 is 0.773 bits per heavy atom. The van der Waals surface area contributed by atoms with Crippen LogP contribution in [0, 0.1) is 0 Å². The molecule has 0 unspecified atom stereocenters. The van der Waals surface area contributed by atoms with Crippen molar-refractivity contribution in [3.63, 3.8) is 0 Å². The monoisotopic (exact) mass is 301 g/mol. The van der Waals surface area contributed by atoms with E-state index in [0.29, 0.717) is 6.61 Å². The number of hydrogen-bond acceptors (Lipinski definition) is 4. The van der Waals surface area contributed by atoms with Crippen LogP contribution >= 0.6 is 0 Å². The smallest absolute Gasteiger partial charge is 0.161 e. The standard InChI is InChI=1S/C18H23NO3/c1-20-16-8-4-3-7-15(16)11-12-19-13-14-22-18-10-6-5-9-17(18)21-2/h3-10,19H,11-14H2,1-2H3. The molecule has 4 heteroatoms. The molecule has 0 bridgehead atoms. The number of benzene rings is 2. The lowest BCUT2D eigenvalue weighted by atomic mass is 10.1. The number of hydrogen-bond donors (Lipinski definition) is 1.